The minimum absolute atomic E-state index is 0.171. The maximum absolute atomic E-state index is 12.9. The van der Waals surface area contributed by atoms with Crippen LogP contribution >= 0.6 is 0 Å². The number of fused-ring (bicyclic) bond motifs is 1. The SMILES string of the molecule is CC(NC(=O)CNC(=O)C(Cc1c[nH]c2ccccc12)NC(=O)C(N)CCCCN)C(=O)O. The third-order valence-corrected chi connectivity index (χ3v) is 5.21. The van der Waals surface area contributed by atoms with Gasteiger partial charge in [0.15, 0.2) is 0 Å². The van der Waals surface area contributed by atoms with Gasteiger partial charge in [-0.2, -0.15) is 0 Å². The third kappa shape index (κ3) is 7.88. The topological polar surface area (TPSA) is 192 Å². The van der Waals surface area contributed by atoms with Gasteiger partial charge in [-0.1, -0.05) is 24.6 Å². The first-order valence-corrected chi connectivity index (χ1v) is 10.8. The number of unbranched alkanes of at least 4 members (excludes halogenated alkanes) is 1. The maximum Gasteiger partial charge on any atom is 0.325 e. The highest BCUT2D eigenvalue weighted by molar-refractivity contribution is 5.93. The van der Waals surface area contributed by atoms with Gasteiger partial charge in [-0.15, -0.1) is 0 Å². The van der Waals surface area contributed by atoms with Gasteiger partial charge in [0.05, 0.1) is 12.6 Å². The minimum atomic E-state index is -1.19. The van der Waals surface area contributed by atoms with Gasteiger partial charge in [0.2, 0.25) is 17.7 Å². The number of benzene rings is 1. The van der Waals surface area contributed by atoms with E-state index in [2.05, 4.69) is 20.9 Å². The third-order valence-electron chi connectivity index (χ3n) is 5.21. The summed E-state index contributed by atoms with van der Waals surface area (Å²) in [5.74, 6) is -2.91. The number of hydrogen-bond donors (Lipinski definition) is 7. The normalized spacial score (nSPS) is 13.7. The Labute approximate surface area is 191 Å². The van der Waals surface area contributed by atoms with E-state index in [9.17, 15) is 19.2 Å². The molecular weight excluding hydrogens is 428 g/mol. The molecular formula is C22H32N6O5. The number of aromatic amines is 1. The van der Waals surface area contributed by atoms with Crippen molar-refractivity contribution in [3.63, 3.8) is 0 Å². The predicted octanol–water partition coefficient (Wildman–Crippen LogP) is -0.643. The lowest BCUT2D eigenvalue weighted by atomic mass is 10.0. The number of H-pyrrole nitrogens is 1. The molecule has 0 aliphatic heterocycles. The summed E-state index contributed by atoms with van der Waals surface area (Å²) in [5, 5.41) is 17.2. The summed E-state index contributed by atoms with van der Waals surface area (Å²) in [4.78, 5) is 51.4. The Bertz CT molecular complexity index is 975. The number of carboxylic acid groups (broad SMARTS) is 1. The molecule has 0 bridgehead atoms. The number of hydrogen-bond acceptors (Lipinski definition) is 6. The monoisotopic (exact) mass is 460 g/mol. The van der Waals surface area contributed by atoms with Crippen LogP contribution in [0.3, 0.4) is 0 Å². The zero-order chi connectivity index (χ0) is 24.4. The number of nitrogens with two attached hydrogens (primary N) is 2. The second-order valence-corrected chi connectivity index (χ2v) is 7.86. The Balaban J connectivity index is 2.08. The molecule has 3 atom stereocenters. The molecule has 0 radical (unpaired) electrons. The fourth-order valence-corrected chi connectivity index (χ4v) is 3.29. The highest BCUT2D eigenvalue weighted by atomic mass is 16.4. The molecule has 3 unspecified atom stereocenters. The van der Waals surface area contributed by atoms with Crippen molar-refractivity contribution in [1.82, 2.24) is 20.9 Å². The van der Waals surface area contributed by atoms with Crippen LogP contribution in [-0.4, -0.2) is 65.0 Å². The number of nitrogens with one attached hydrogen (secondary N) is 4. The van der Waals surface area contributed by atoms with E-state index in [4.69, 9.17) is 16.6 Å². The molecule has 3 amide bonds. The van der Waals surface area contributed by atoms with Gasteiger partial charge in [0.25, 0.3) is 0 Å². The first-order valence-electron chi connectivity index (χ1n) is 10.8. The number of aliphatic carboxylic acids is 1. The molecule has 180 valence electrons. The summed E-state index contributed by atoms with van der Waals surface area (Å²) in [6.45, 7) is 1.38. The van der Waals surface area contributed by atoms with E-state index in [0.717, 1.165) is 22.9 Å². The largest absolute Gasteiger partial charge is 0.480 e. The maximum atomic E-state index is 12.9. The molecule has 33 heavy (non-hydrogen) atoms. The Kier molecular flexibility index (Phi) is 9.83. The van der Waals surface area contributed by atoms with Gasteiger partial charge in [0.1, 0.15) is 12.1 Å². The second kappa shape index (κ2) is 12.6. The summed E-state index contributed by atoms with van der Waals surface area (Å²) in [6.07, 6.45) is 3.79. The van der Waals surface area contributed by atoms with Gasteiger partial charge in [-0.3, -0.25) is 19.2 Å². The van der Waals surface area contributed by atoms with Crippen molar-refractivity contribution in [2.75, 3.05) is 13.1 Å². The number of carbonyl (C=O) groups excluding carboxylic acids is 3. The number of aromatic nitrogens is 1. The van der Waals surface area contributed by atoms with Crippen LogP contribution in [0.25, 0.3) is 10.9 Å². The van der Waals surface area contributed by atoms with Crippen LogP contribution in [0.4, 0.5) is 0 Å². The van der Waals surface area contributed by atoms with Crippen LogP contribution in [0.15, 0.2) is 30.5 Å². The van der Waals surface area contributed by atoms with E-state index in [1.165, 1.54) is 6.92 Å². The number of rotatable bonds is 13. The molecule has 0 spiro atoms. The average Bonchev–Trinajstić information content (AvgIpc) is 3.19. The van der Waals surface area contributed by atoms with E-state index in [-0.39, 0.29) is 6.42 Å². The summed E-state index contributed by atoms with van der Waals surface area (Å²) in [6, 6.07) is 4.67. The zero-order valence-corrected chi connectivity index (χ0v) is 18.6. The van der Waals surface area contributed by atoms with E-state index in [1.54, 1.807) is 6.20 Å². The van der Waals surface area contributed by atoms with Crippen LogP contribution in [0.2, 0.25) is 0 Å². The molecule has 0 fully saturated rings. The van der Waals surface area contributed by atoms with Crippen LogP contribution in [0.5, 0.6) is 0 Å². The van der Waals surface area contributed by atoms with Gasteiger partial charge in [-0.05, 0) is 37.9 Å². The molecule has 1 aromatic heterocycles. The standard InChI is InChI=1S/C22H32N6O5/c1-13(22(32)33)27-19(29)12-26-21(31)18(28-20(30)16(24)7-4-5-9-23)10-14-11-25-17-8-3-2-6-15(14)17/h2-3,6,8,11,13,16,18,25H,4-5,7,9-10,12,23-24H2,1H3,(H,26,31)(H,27,29)(H,28,30)(H,32,33). The molecule has 0 aliphatic rings. The summed E-state index contributed by atoms with van der Waals surface area (Å²) < 4.78 is 0. The van der Waals surface area contributed by atoms with Crippen molar-refractivity contribution in [3.05, 3.63) is 36.0 Å². The molecule has 11 nitrogen and oxygen atoms in total. The predicted molar refractivity (Wildman–Crippen MR) is 123 cm³/mol. The molecule has 9 N–H and O–H groups in total. The van der Waals surface area contributed by atoms with Crippen LogP contribution < -0.4 is 27.4 Å². The van der Waals surface area contributed by atoms with Gasteiger partial charge >= 0.3 is 5.97 Å². The average molecular weight is 461 g/mol. The van der Waals surface area contributed by atoms with Gasteiger partial charge in [-0.25, -0.2) is 0 Å². The fraction of sp³-hybridized carbons (Fsp3) is 0.455. The summed E-state index contributed by atoms with van der Waals surface area (Å²) in [7, 11) is 0. The number of para-hydroxylation sites is 1. The zero-order valence-electron chi connectivity index (χ0n) is 18.6. The highest BCUT2D eigenvalue weighted by Gasteiger charge is 2.25. The molecule has 1 heterocycles. The second-order valence-electron chi connectivity index (χ2n) is 7.86. The lowest BCUT2D eigenvalue weighted by Crippen LogP contribution is -2.54. The van der Waals surface area contributed by atoms with E-state index in [1.807, 2.05) is 24.3 Å². The molecule has 0 saturated heterocycles. The van der Waals surface area contributed by atoms with E-state index < -0.39 is 48.4 Å². The lowest BCUT2D eigenvalue weighted by molar-refractivity contribution is -0.141. The quantitative estimate of drug-likeness (QED) is 0.193. The summed E-state index contributed by atoms with van der Waals surface area (Å²) in [5.41, 5.74) is 13.1. The Morgan fingerprint density at radius 2 is 1.82 bits per heavy atom. The van der Waals surface area contributed by atoms with Crippen molar-refractivity contribution < 1.29 is 24.3 Å². The Hall–Kier alpha value is -3.44. The molecule has 0 aliphatic carbocycles. The van der Waals surface area contributed by atoms with Crippen molar-refractivity contribution in [2.24, 2.45) is 11.5 Å². The van der Waals surface area contributed by atoms with E-state index >= 15 is 0 Å². The van der Waals surface area contributed by atoms with Gasteiger partial charge < -0.3 is 37.5 Å². The highest BCUT2D eigenvalue weighted by Crippen LogP contribution is 2.19. The number of carboxylic acids is 1. The smallest absolute Gasteiger partial charge is 0.325 e. The van der Waals surface area contributed by atoms with Crippen LogP contribution in [0.1, 0.15) is 31.7 Å². The molecule has 11 heteroatoms. The van der Waals surface area contributed by atoms with Crippen LogP contribution in [-0.2, 0) is 25.6 Å². The van der Waals surface area contributed by atoms with E-state index in [0.29, 0.717) is 19.4 Å². The number of carbonyl (C=O) groups is 4. The molecule has 2 rings (SSSR count). The van der Waals surface area contributed by atoms with Crippen molar-refractivity contribution in [3.8, 4) is 0 Å². The molecule has 1 aromatic carbocycles. The first-order chi connectivity index (χ1) is 15.7. The lowest BCUT2D eigenvalue weighted by Gasteiger charge is -2.21. The van der Waals surface area contributed by atoms with Crippen molar-refractivity contribution >= 4 is 34.6 Å². The van der Waals surface area contributed by atoms with Crippen molar-refractivity contribution in [2.45, 2.75) is 50.7 Å². The number of amides is 3. The fourth-order valence-electron chi connectivity index (χ4n) is 3.29. The Morgan fingerprint density at radius 1 is 1.09 bits per heavy atom. The van der Waals surface area contributed by atoms with Crippen molar-refractivity contribution in [1.29, 1.82) is 0 Å². The molecule has 2 aromatic rings. The minimum Gasteiger partial charge on any atom is -0.480 e. The summed E-state index contributed by atoms with van der Waals surface area (Å²) >= 11 is 0. The van der Waals surface area contributed by atoms with Gasteiger partial charge in [0, 0.05) is 23.5 Å². The first kappa shape index (κ1) is 25.8. The Morgan fingerprint density at radius 3 is 2.52 bits per heavy atom. The van der Waals surface area contributed by atoms with Crippen LogP contribution in [0, 0.1) is 0 Å². The molecule has 0 saturated carbocycles.